The smallest absolute Gasteiger partial charge is 0.220 e. The normalized spacial score (nSPS) is 17.2. The Morgan fingerprint density at radius 2 is 2.06 bits per heavy atom. The van der Waals surface area contributed by atoms with Crippen LogP contribution in [0.4, 0.5) is 5.69 Å². The van der Waals surface area contributed by atoms with Gasteiger partial charge in [-0.05, 0) is 37.5 Å². The summed E-state index contributed by atoms with van der Waals surface area (Å²) in [4.78, 5) is 13.4. The number of hydrogen-bond acceptors (Lipinski definition) is 2. The lowest BCUT2D eigenvalue weighted by Crippen LogP contribution is -2.38. The van der Waals surface area contributed by atoms with Crippen molar-refractivity contribution in [2.75, 3.05) is 18.0 Å². The van der Waals surface area contributed by atoms with E-state index in [9.17, 15) is 4.79 Å². The van der Waals surface area contributed by atoms with Crippen LogP contribution in [0.15, 0.2) is 22.7 Å². The second-order valence-corrected chi connectivity index (χ2v) is 5.45. The van der Waals surface area contributed by atoms with E-state index in [2.05, 4.69) is 46.0 Å². The molecule has 1 heterocycles. The van der Waals surface area contributed by atoms with Gasteiger partial charge in [-0.15, -0.1) is 0 Å². The van der Waals surface area contributed by atoms with Crippen molar-refractivity contribution in [3.05, 3.63) is 28.2 Å². The molecular formula is C13H17BrN2O. The Bertz CT molecular complexity index is 425. The van der Waals surface area contributed by atoms with Crippen LogP contribution in [0, 0.1) is 12.8 Å². The highest BCUT2D eigenvalue weighted by atomic mass is 79.9. The number of halogens is 1. The van der Waals surface area contributed by atoms with E-state index in [1.807, 2.05) is 0 Å². The van der Waals surface area contributed by atoms with Gasteiger partial charge in [-0.3, -0.25) is 4.79 Å². The van der Waals surface area contributed by atoms with Gasteiger partial charge >= 0.3 is 0 Å². The van der Waals surface area contributed by atoms with Crippen LogP contribution in [0.3, 0.4) is 0 Å². The van der Waals surface area contributed by atoms with Gasteiger partial charge in [0.25, 0.3) is 0 Å². The highest BCUT2D eigenvalue weighted by molar-refractivity contribution is 9.10. The first-order chi connectivity index (χ1) is 8.08. The number of hydrogen-bond donors (Lipinski definition) is 1. The van der Waals surface area contributed by atoms with Crippen molar-refractivity contribution in [1.29, 1.82) is 0 Å². The predicted molar refractivity (Wildman–Crippen MR) is 73.0 cm³/mol. The number of amides is 1. The summed E-state index contributed by atoms with van der Waals surface area (Å²) < 4.78 is 1.13. The second kappa shape index (κ2) is 5.08. The van der Waals surface area contributed by atoms with Gasteiger partial charge in [-0.2, -0.15) is 0 Å². The Balaban J connectivity index is 2.05. The first-order valence-electron chi connectivity index (χ1n) is 5.88. The third-order valence-electron chi connectivity index (χ3n) is 3.42. The molecule has 0 unspecified atom stereocenters. The molecule has 92 valence electrons. The Morgan fingerprint density at radius 1 is 1.41 bits per heavy atom. The summed E-state index contributed by atoms with van der Waals surface area (Å²) in [6, 6.07) is 6.38. The van der Waals surface area contributed by atoms with E-state index in [4.69, 9.17) is 5.73 Å². The minimum absolute atomic E-state index is 0.0557. The van der Waals surface area contributed by atoms with Crippen LogP contribution in [0.1, 0.15) is 18.4 Å². The lowest BCUT2D eigenvalue weighted by atomic mass is 9.96. The van der Waals surface area contributed by atoms with E-state index in [-0.39, 0.29) is 11.8 Å². The Morgan fingerprint density at radius 3 is 2.59 bits per heavy atom. The van der Waals surface area contributed by atoms with E-state index < -0.39 is 0 Å². The van der Waals surface area contributed by atoms with Gasteiger partial charge in [0.1, 0.15) is 0 Å². The van der Waals surface area contributed by atoms with Crippen molar-refractivity contribution in [2.45, 2.75) is 19.8 Å². The molecule has 0 spiro atoms. The molecule has 2 N–H and O–H groups in total. The van der Waals surface area contributed by atoms with Gasteiger partial charge in [0.2, 0.25) is 5.91 Å². The molecule has 1 fully saturated rings. The average molecular weight is 297 g/mol. The van der Waals surface area contributed by atoms with Crippen molar-refractivity contribution >= 4 is 27.5 Å². The lowest BCUT2D eigenvalue weighted by molar-refractivity contribution is -0.122. The summed E-state index contributed by atoms with van der Waals surface area (Å²) in [7, 11) is 0. The molecule has 1 aliphatic heterocycles. The average Bonchev–Trinajstić information content (AvgIpc) is 2.33. The van der Waals surface area contributed by atoms with Crippen LogP contribution in [0.25, 0.3) is 0 Å². The predicted octanol–water partition coefficient (Wildman–Crippen LogP) is 2.46. The summed E-state index contributed by atoms with van der Waals surface area (Å²) >= 11 is 3.55. The summed E-state index contributed by atoms with van der Waals surface area (Å²) in [5.74, 6) is -0.102. The van der Waals surface area contributed by atoms with E-state index in [0.29, 0.717) is 0 Å². The van der Waals surface area contributed by atoms with Crippen LogP contribution < -0.4 is 10.6 Å². The SMILES string of the molecule is Cc1ccc(N2CCC(C(N)=O)CC2)cc1Br. The third kappa shape index (κ3) is 2.80. The number of nitrogens with two attached hydrogens (primary N) is 1. The molecule has 0 atom stereocenters. The Hall–Kier alpha value is -1.03. The second-order valence-electron chi connectivity index (χ2n) is 4.60. The largest absolute Gasteiger partial charge is 0.371 e. The summed E-state index contributed by atoms with van der Waals surface area (Å²) in [5.41, 5.74) is 7.78. The molecule has 1 aromatic rings. The molecule has 1 amide bonds. The number of piperidine rings is 1. The van der Waals surface area contributed by atoms with Crippen molar-refractivity contribution in [1.82, 2.24) is 0 Å². The van der Waals surface area contributed by atoms with Crippen molar-refractivity contribution in [3.63, 3.8) is 0 Å². The number of rotatable bonds is 2. The standard InChI is InChI=1S/C13H17BrN2O/c1-9-2-3-11(8-12(9)14)16-6-4-10(5-7-16)13(15)17/h2-3,8,10H,4-7H2,1H3,(H2,15,17). The molecule has 4 heteroatoms. The van der Waals surface area contributed by atoms with Crippen LogP contribution in [-0.2, 0) is 4.79 Å². The number of carbonyl (C=O) groups excluding carboxylic acids is 1. The molecule has 2 rings (SSSR count). The van der Waals surface area contributed by atoms with Gasteiger partial charge in [-0.1, -0.05) is 22.0 Å². The lowest BCUT2D eigenvalue weighted by Gasteiger charge is -2.32. The van der Waals surface area contributed by atoms with Gasteiger partial charge in [-0.25, -0.2) is 0 Å². The summed E-state index contributed by atoms with van der Waals surface area (Å²) in [6.45, 7) is 3.89. The third-order valence-corrected chi connectivity index (χ3v) is 4.27. The zero-order valence-corrected chi connectivity index (χ0v) is 11.5. The van der Waals surface area contributed by atoms with Crippen LogP contribution in [0.2, 0.25) is 0 Å². The first kappa shape index (κ1) is 12.4. The quantitative estimate of drug-likeness (QED) is 0.911. The maximum Gasteiger partial charge on any atom is 0.220 e. The molecule has 17 heavy (non-hydrogen) atoms. The zero-order chi connectivity index (χ0) is 12.4. The van der Waals surface area contributed by atoms with Gasteiger partial charge in [0.05, 0.1) is 0 Å². The topological polar surface area (TPSA) is 46.3 Å². The maximum absolute atomic E-state index is 11.1. The summed E-state index contributed by atoms with van der Waals surface area (Å²) in [5, 5.41) is 0. The molecule has 0 saturated carbocycles. The Kier molecular flexibility index (Phi) is 3.72. The molecule has 0 aromatic heterocycles. The van der Waals surface area contributed by atoms with Crippen molar-refractivity contribution in [3.8, 4) is 0 Å². The fourth-order valence-corrected chi connectivity index (χ4v) is 2.57. The molecule has 0 bridgehead atoms. The monoisotopic (exact) mass is 296 g/mol. The molecule has 1 aromatic carbocycles. The fourth-order valence-electron chi connectivity index (χ4n) is 2.20. The number of primary amides is 1. The van der Waals surface area contributed by atoms with Crippen LogP contribution in [-0.4, -0.2) is 19.0 Å². The highest BCUT2D eigenvalue weighted by Crippen LogP contribution is 2.27. The van der Waals surface area contributed by atoms with Crippen molar-refractivity contribution < 1.29 is 4.79 Å². The molecule has 1 aliphatic rings. The van der Waals surface area contributed by atoms with E-state index in [1.54, 1.807) is 0 Å². The maximum atomic E-state index is 11.1. The number of nitrogens with zero attached hydrogens (tertiary/aromatic N) is 1. The first-order valence-corrected chi connectivity index (χ1v) is 6.67. The van der Waals surface area contributed by atoms with E-state index in [0.717, 1.165) is 30.4 Å². The number of anilines is 1. The van der Waals surface area contributed by atoms with Gasteiger partial charge in [0, 0.05) is 29.2 Å². The summed E-state index contributed by atoms with van der Waals surface area (Å²) in [6.07, 6.45) is 1.72. The van der Waals surface area contributed by atoms with E-state index in [1.165, 1.54) is 11.3 Å². The van der Waals surface area contributed by atoms with Gasteiger partial charge in [0.15, 0.2) is 0 Å². The molecule has 0 aliphatic carbocycles. The van der Waals surface area contributed by atoms with Crippen LogP contribution in [0.5, 0.6) is 0 Å². The molecule has 3 nitrogen and oxygen atoms in total. The van der Waals surface area contributed by atoms with Crippen LogP contribution >= 0.6 is 15.9 Å². The highest BCUT2D eigenvalue weighted by Gasteiger charge is 2.23. The molecular weight excluding hydrogens is 280 g/mol. The number of aryl methyl sites for hydroxylation is 1. The minimum atomic E-state index is -0.158. The number of benzene rings is 1. The molecule has 1 saturated heterocycles. The zero-order valence-electron chi connectivity index (χ0n) is 9.95. The van der Waals surface area contributed by atoms with E-state index >= 15 is 0 Å². The van der Waals surface area contributed by atoms with Crippen molar-refractivity contribution in [2.24, 2.45) is 11.7 Å². The Labute approximate surface area is 110 Å². The number of carbonyl (C=O) groups is 1. The molecule has 0 radical (unpaired) electrons. The van der Waals surface area contributed by atoms with Gasteiger partial charge < -0.3 is 10.6 Å². The minimum Gasteiger partial charge on any atom is -0.371 e. The fraction of sp³-hybridized carbons (Fsp3) is 0.462.